The summed E-state index contributed by atoms with van der Waals surface area (Å²) in [6.45, 7) is 0.347. The molecule has 0 spiro atoms. The largest absolute Gasteiger partial charge is 0.493 e. The number of benzene rings is 2. The summed E-state index contributed by atoms with van der Waals surface area (Å²) in [5.74, 6) is 0.465. The minimum Gasteiger partial charge on any atom is -0.493 e. The molecule has 0 heterocycles. The third-order valence-electron chi connectivity index (χ3n) is 6.93. The summed E-state index contributed by atoms with van der Waals surface area (Å²) in [7, 11) is 1.45. The molecule has 2 aromatic rings. The van der Waals surface area contributed by atoms with Gasteiger partial charge in [-0.25, -0.2) is 0 Å². The fraction of sp³-hybridized carbons (Fsp3) is 0.414. The summed E-state index contributed by atoms with van der Waals surface area (Å²) >= 11 is 2.03. The number of carbonyl (C=O) groups excluding carboxylic acids is 3. The van der Waals surface area contributed by atoms with E-state index in [0.29, 0.717) is 45.0 Å². The maximum absolute atomic E-state index is 13.6. The van der Waals surface area contributed by atoms with Crippen molar-refractivity contribution in [2.45, 2.75) is 43.9 Å². The van der Waals surface area contributed by atoms with Crippen molar-refractivity contribution >= 4 is 40.7 Å². The fourth-order valence-corrected chi connectivity index (χ4v) is 5.46. The molecule has 1 saturated carbocycles. The molecule has 0 radical (unpaired) electrons. The molecule has 0 aliphatic heterocycles. The molecule has 208 valence electrons. The van der Waals surface area contributed by atoms with E-state index in [-0.39, 0.29) is 31.9 Å². The van der Waals surface area contributed by atoms with Crippen molar-refractivity contribution < 1.29 is 34.1 Å². The van der Waals surface area contributed by atoms with Crippen LogP contribution in [0.1, 0.15) is 35.2 Å². The molecule has 2 amide bonds. The second-order valence-corrected chi connectivity index (χ2v) is 11.0. The van der Waals surface area contributed by atoms with Gasteiger partial charge < -0.3 is 29.9 Å². The minimum atomic E-state index is -1.14. The Morgan fingerprint density at radius 3 is 2.59 bits per heavy atom. The van der Waals surface area contributed by atoms with E-state index < -0.39 is 24.2 Å². The molecular weight excluding hydrogens is 615 g/mol. The van der Waals surface area contributed by atoms with E-state index in [0.717, 1.165) is 18.4 Å². The molecule has 1 fully saturated rings. The molecule has 4 rings (SSSR count). The quantitative estimate of drug-likeness (QED) is 0.239. The Kier molecular flexibility index (Phi) is 9.98. The van der Waals surface area contributed by atoms with Gasteiger partial charge in [0.2, 0.25) is 11.8 Å². The van der Waals surface area contributed by atoms with Gasteiger partial charge in [0.25, 0.3) is 0 Å². The standard InChI is InChI=1S/C29H33IN2O7/c1-38-25-12-20(17-34)11-22(30)28(25)39-24-15-21(29(37)31-9-10-33)14-23(27(24)36)32(16-19-7-8-19)26(35)13-18-5-3-2-4-6-18/h2-6,11-12,15,17,19,23-24,27,33,36H,7-10,13-14,16H2,1H3,(H,31,37). The Bertz CT molecular complexity index is 1220. The molecule has 10 heteroatoms. The van der Waals surface area contributed by atoms with E-state index in [2.05, 4.69) is 5.32 Å². The number of halogens is 1. The predicted molar refractivity (Wildman–Crippen MR) is 153 cm³/mol. The van der Waals surface area contributed by atoms with Crippen LogP contribution in [0, 0.1) is 9.49 Å². The van der Waals surface area contributed by atoms with Crippen LogP contribution in [0.3, 0.4) is 0 Å². The number of carbonyl (C=O) groups is 3. The van der Waals surface area contributed by atoms with Crippen LogP contribution >= 0.6 is 22.6 Å². The van der Waals surface area contributed by atoms with Crippen LogP contribution in [-0.4, -0.2) is 78.3 Å². The van der Waals surface area contributed by atoms with Crippen molar-refractivity contribution in [3.63, 3.8) is 0 Å². The van der Waals surface area contributed by atoms with Crippen LogP contribution < -0.4 is 14.8 Å². The summed E-state index contributed by atoms with van der Waals surface area (Å²) in [6.07, 6.45) is 2.50. The van der Waals surface area contributed by atoms with Crippen molar-refractivity contribution in [2.24, 2.45) is 5.92 Å². The van der Waals surface area contributed by atoms with Crippen LogP contribution in [-0.2, 0) is 16.0 Å². The van der Waals surface area contributed by atoms with Gasteiger partial charge >= 0.3 is 0 Å². The molecule has 3 unspecified atom stereocenters. The normalized spacial score (nSPS) is 20.5. The predicted octanol–water partition coefficient (Wildman–Crippen LogP) is 2.51. The zero-order chi connectivity index (χ0) is 27.9. The maximum atomic E-state index is 13.6. The number of nitrogens with one attached hydrogen (secondary N) is 1. The number of rotatable bonds is 12. The molecule has 0 bridgehead atoms. The number of aliphatic hydroxyl groups is 2. The molecule has 39 heavy (non-hydrogen) atoms. The summed E-state index contributed by atoms with van der Waals surface area (Å²) in [5, 5.41) is 23.5. The van der Waals surface area contributed by atoms with Crippen LogP contribution in [0.2, 0.25) is 0 Å². The van der Waals surface area contributed by atoms with Crippen LogP contribution in [0.5, 0.6) is 11.5 Å². The average molecular weight is 648 g/mol. The topological polar surface area (TPSA) is 125 Å². The van der Waals surface area contributed by atoms with Crippen molar-refractivity contribution in [3.05, 3.63) is 68.8 Å². The van der Waals surface area contributed by atoms with Crippen molar-refractivity contribution in [3.8, 4) is 11.5 Å². The smallest absolute Gasteiger partial charge is 0.247 e. The molecule has 2 aliphatic rings. The van der Waals surface area contributed by atoms with E-state index in [1.807, 2.05) is 52.9 Å². The number of nitrogens with zero attached hydrogens (tertiary/aromatic N) is 1. The molecular formula is C29H33IN2O7. The molecule has 2 aromatic carbocycles. The third-order valence-corrected chi connectivity index (χ3v) is 7.73. The van der Waals surface area contributed by atoms with Gasteiger partial charge in [0.15, 0.2) is 11.5 Å². The number of hydrogen-bond acceptors (Lipinski definition) is 7. The summed E-state index contributed by atoms with van der Waals surface area (Å²) in [5.41, 5.74) is 1.63. The highest BCUT2D eigenvalue weighted by atomic mass is 127. The highest BCUT2D eigenvalue weighted by molar-refractivity contribution is 14.1. The number of methoxy groups -OCH3 is 1. The summed E-state index contributed by atoms with van der Waals surface area (Å²) in [4.78, 5) is 39.7. The lowest BCUT2D eigenvalue weighted by Crippen LogP contribution is -2.56. The van der Waals surface area contributed by atoms with Gasteiger partial charge in [-0.15, -0.1) is 0 Å². The molecule has 2 aliphatic carbocycles. The monoisotopic (exact) mass is 648 g/mol. The fourth-order valence-electron chi connectivity index (χ4n) is 4.71. The van der Waals surface area contributed by atoms with Gasteiger partial charge in [-0.2, -0.15) is 0 Å². The van der Waals surface area contributed by atoms with Gasteiger partial charge in [-0.05, 0) is 65.1 Å². The molecule has 9 nitrogen and oxygen atoms in total. The number of aliphatic hydroxyl groups excluding tert-OH is 2. The van der Waals surface area contributed by atoms with Crippen LogP contribution in [0.15, 0.2) is 54.1 Å². The SMILES string of the molecule is COc1cc(C=O)cc(I)c1OC1C=C(C(=O)NCCO)CC(N(CC2CC2)C(=O)Cc2ccccc2)C1O. The van der Waals surface area contributed by atoms with Gasteiger partial charge in [0.05, 0.1) is 29.7 Å². The van der Waals surface area contributed by atoms with Crippen molar-refractivity contribution in [2.75, 3.05) is 26.8 Å². The van der Waals surface area contributed by atoms with E-state index in [1.165, 1.54) is 7.11 Å². The first-order valence-corrected chi connectivity index (χ1v) is 14.0. The van der Waals surface area contributed by atoms with E-state index >= 15 is 0 Å². The Morgan fingerprint density at radius 2 is 1.95 bits per heavy atom. The van der Waals surface area contributed by atoms with Gasteiger partial charge in [0, 0.05) is 30.6 Å². The zero-order valence-electron chi connectivity index (χ0n) is 21.7. The zero-order valence-corrected chi connectivity index (χ0v) is 23.9. The van der Waals surface area contributed by atoms with E-state index in [4.69, 9.17) is 9.47 Å². The first-order valence-electron chi connectivity index (χ1n) is 12.9. The number of amides is 2. The average Bonchev–Trinajstić information content (AvgIpc) is 3.77. The Morgan fingerprint density at radius 1 is 1.21 bits per heavy atom. The highest BCUT2D eigenvalue weighted by Crippen LogP contribution is 2.38. The third kappa shape index (κ3) is 7.37. The first kappa shape index (κ1) is 29.0. The Balaban J connectivity index is 1.67. The van der Waals surface area contributed by atoms with Crippen molar-refractivity contribution in [1.29, 1.82) is 0 Å². The maximum Gasteiger partial charge on any atom is 0.247 e. The van der Waals surface area contributed by atoms with Gasteiger partial charge in [-0.3, -0.25) is 14.4 Å². The first-order chi connectivity index (χ1) is 18.8. The Labute approximate surface area is 241 Å². The number of aldehydes is 1. The molecule has 0 aromatic heterocycles. The minimum absolute atomic E-state index is 0.0759. The lowest BCUT2D eigenvalue weighted by Gasteiger charge is -2.41. The Hall–Kier alpha value is -2.96. The molecule has 3 N–H and O–H groups in total. The highest BCUT2D eigenvalue weighted by Gasteiger charge is 2.42. The van der Waals surface area contributed by atoms with Crippen molar-refractivity contribution in [1.82, 2.24) is 10.2 Å². The molecule has 3 atom stereocenters. The molecule has 0 saturated heterocycles. The second kappa shape index (κ2) is 13.4. The lowest BCUT2D eigenvalue weighted by atomic mass is 9.87. The lowest BCUT2D eigenvalue weighted by molar-refractivity contribution is -0.138. The summed E-state index contributed by atoms with van der Waals surface area (Å²) < 4.78 is 12.3. The van der Waals surface area contributed by atoms with Gasteiger partial charge in [-0.1, -0.05) is 30.3 Å². The van der Waals surface area contributed by atoms with E-state index in [1.54, 1.807) is 23.1 Å². The van der Waals surface area contributed by atoms with Crippen LogP contribution in [0.25, 0.3) is 0 Å². The summed E-state index contributed by atoms with van der Waals surface area (Å²) in [6, 6.07) is 11.9. The number of hydrogen-bond donors (Lipinski definition) is 3. The van der Waals surface area contributed by atoms with Crippen LogP contribution in [0.4, 0.5) is 0 Å². The van der Waals surface area contributed by atoms with E-state index in [9.17, 15) is 24.6 Å². The van der Waals surface area contributed by atoms with Gasteiger partial charge in [0.1, 0.15) is 18.5 Å². The second-order valence-electron chi connectivity index (χ2n) is 9.82. The number of ether oxygens (including phenoxy) is 2.